The van der Waals surface area contributed by atoms with Crippen molar-refractivity contribution in [2.75, 3.05) is 20.2 Å². The van der Waals surface area contributed by atoms with Crippen molar-refractivity contribution in [3.8, 4) is 5.75 Å². The van der Waals surface area contributed by atoms with Crippen LogP contribution in [-0.2, 0) is 6.42 Å². The molecule has 118 valence electrons. The van der Waals surface area contributed by atoms with Crippen molar-refractivity contribution in [1.29, 1.82) is 0 Å². The van der Waals surface area contributed by atoms with Crippen LogP contribution >= 0.6 is 0 Å². The second-order valence-corrected chi connectivity index (χ2v) is 7.45. The quantitative estimate of drug-likeness (QED) is 0.774. The summed E-state index contributed by atoms with van der Waals surface area (Å²) < 4.78 is 5.57. The van der Waals surface area contributed by atoms with E-state index in [1.165, 1.54) is 24.0 Å². The maximum Gasteiger partial charge on any atom is 0.122 e. The van der Waals surface area contributed by atoms with Gasteiger partial charge in [0.15, 0.2) is 0 Å². The second-order valence-electron chi connectivity index (χ2n) is 7.45. The van der Waals surface area contributed by atoms with Crippen LogP contribution in [0.15, 0.2) is 18.2 Å². The fourth-order valence-electron chi connectivity index (χ4n) is 3.26. The van der Waals surface area contributed by atoms with Crippen molar-refractivity contribution in [2.24, 2.45) is 17.3 Å². The zero-order valence-electron chi connectivity index (χ0n) is 14.3. The molecule has 1 atom stereocenters. The second kappa shape index (κ2) is 6.83. The molecule has 1 N–H and O–H groups in total. The van der Waals surface area contributed by atoms with Crippen molar-refractivity contribution in [2.45, 2.75) is 47.0 Å². The molecule has 0 aromatic heterocycles. The number of nitrogens with one attached hydrogen (secondary N) is 1. The van der Waals surface area contributed by atoms with E-state index in [0.717, 1.165) is 31.2 Å². The zero-order chi connectivity index (χ0) is 15.5. The van der Waals surface area contributed by atoms with Crippen LogP contribution in [0.3, 0.4) is 0 Å². The topological polar surface area (TPSA) is 21.3 Å². The van der Waals surface area contributed by atoms with Gasteiger partial charge in [0.25, 0.3) is 0 Å². The van der Waals surface area contributed by atoms with Gasteiger partial charge in [-0.05, 0) is 61.6 Å². The SMILES string of the molecule is COc1ccc(C)cc1CC(C)(CNCC(C)C)C1CC1. The lowest BCUT2D eigenvalue weighted by Crippen LogP contribution is -2.37. The Morgan fingerprint density at radius 2 is 2.05 bits per heavy atom. The normalized spacial score (nSPS) is 17.8. The van der Waals surface area contributed by atoms with E-state index in [9.17, 15) is 0 Å². The van der Waals surface area contributed by atoms with E-state index in [0.29, 0.717) is 11.3 Å². The number of methoxy groups -OCH3 is 1. The van der Waals surface area contributed by atoms with Gasteiger partial charge in [0, 0.05) is 6.54 Å². The molecular weight excluding hydrogens is 258 g/mol. The van der Waals surface area contributed by atoms with Crippen LogP contribution in [0.25, 0.3) is 0 Å². The summed E-state index contributed by atoms with van der Waals surface area (Å²) in [6.07, 6.45) is 3.87. The molecule has 1 unspecified atom stereocenters. The van der Waals surface area contributed by atoms with Crippen LogP contribution < -0.4 is 10.1 Å². The third-order valence-electron chi connectivity index (χ3n) is 4.67. The summed E-state index contributed by atoms with van der Waals surface area (Å²) in [5.41, 5.74) is 3.02. The molecule has 1 aliphatic carbocycles. The average molecular weight is 289 g/mol. The molecule has 0 radical (unpaired) electrons. The molecule has 2 heteroatoms. The summed E-state index contributed by atoms with van der Waals surface area (Å²) in [4.78, 5) is 0. The lowest BCUT2D eigenvalue weighted by Gasteiger charge is -2.31. The van der Waals surface area contributed by atoms with Crippen LogP contribution in [-0.4, -0.2) is 20.2 Å². The minimum atomic E-state index is 0.343. The van der Waals surface area contributed by atoms with Crippen molar-refractivity contribution in [1.82, 2.24) is 5.32 Å². The fraction of sp³-hybridized carbons (Fsp3) is 0.684. The summed E-state index contributed by atoms with van der Waals surface area (Å²) in [5, 5.41) is 3.68. The lowest BCUT2D eigenvalue weighted by atomic mass is 9.78. The van der Waals surface area contributed by atoms with Crippen LogP contribution in [0.4, 0.5) is 0 Å². The first-order valence-electron chi connectivity index (χ1n) is 8.29. The standard InChI is InChI=1S/C19H31NO/c1-14(2)12-20-13-19(4,17-7-8-17)11-16-10-15(3)6-9-18(16)21-5/h6,9-10,14,17,20H,7-8,11-13H2,1-5H3. The number of benzene rings is 1. The Bertz CT molecular complexity index is 465. The molecule has 0 spiro atoms. The van der Waals surface area contributed by atoms with Gasteiger partial charge < -0.3 is 10.1 Å². The van der Waals surface area contributed by atoms with E-state index in [1.807, 2.05) is 0 Å². The summed E-state index contributed by atoms with van der Waals surface area (Å²) >= 11 is 0. The van der Waals surface area contributed by atoms with Crippen molar-refractivity contribution in [3.63, 3.8) is 0 Å². The largest absolute Gasteiger partial charge is 0.496 e. The Morgan fingerprint density at radius 1 is 1.33 bits per heavy atom. The lowest BCUT2D eigenvalue weighted by molar-refractivity contribution is 0.248. The van der Waals surface area contributed by atoms with E-state index in [-0.39, 0.29) is 0 Å². The molecule has 1 aromatic rings. The Morgan fingerprint density at radius 3 is 2.62 bits per heavy atom. The molecule has 0 amide bonds. The highest BCUT2D eigenvalue weighted by molar-refractivity contribution is 5.37. The van der Waals surface area contributed by atoms with Gasteiger partial charge in [-0.2, -0.15) is 0 Å². The van der Waals surface area contributed by atoms with E-state index < -0.39 is 0 Å². The summed E-state index contributed by atoms with van der Waals surface area (Å²) in [5.74, 6) is 2.61. The smallest absolute Gasteiger partial charge is 0.122 e. The van der Waals surface area contributed by atoms with Crippen LogP contribution in [0.5, 0.6) is 5.75 Å². The first-order chi connectivity index (χ1) is 9.94. The average Bonchev–Trinajstić information content (AvgIpc) is 3.23. The van der Waals surface area contributed by atoms with E-state index in [1.54, 1.807) is 7.11 Å². The van der Waals surface area contributed by atoms with Crippen molar-refractivity contribution >= 4 is 0 Å². The van der Waals surface area contributed by atoms with Gasteiger partial charge in [-0.25, -0.2) is 0 Å². The van der Waals surface area contributed by atoms with Gasteiger partial charge in [0.05, 0.1) is 7.11 Å². The third-order valence-corrected chi connectivity index (χ3v) is 4.67. The monoisotopic (exact) mass is 289 g/mol. The predicted octanol–water partition coefficient (Wildman–Crippen LogP) is 4.21. The predicted molar refractivity (Wildman–Crippen MR) is 90.0 cm³/mol. The van der Waals surface area contributed by atoms with E-state index in [2.05, 4.69) is 51.2 Å². The van der Waals surface area contributed by atoms with Gasteiger partial charge in [0.1, 0.15) is 5.75 Å². The summed E-state index contributed by atoms with van der Waals surface area (Å²) in [6.45, 7) is 11.4. The van der Waals surface area contributed by atoms with Gasteiger partial charge in [-0.15, -0.1) is 0 Å². The summed E-state index contributed by atoms with van der Waals surface area (Å²) in [6, 6.07) is 6.54. The Kier molecular flexibility index (Phi) is 5.32. The molecule has 0 saturated heterocycles. The number of ether oxygens (including phenoxy) is 1. The molecule has 2 rings (SSSR count). The van der Waals surface area contributed by atoms with Gasteiger partial charge in [-0.1, -0.05) is 38.5 Å². The van der Waals surface area contributed by atoms with Crippen LogP contribution in [0.1, 0.15) is 44.7 Å². The van der Waals surface area contributed by atoms with Crippen molar-refractivity contribution < 1.29 is 4.74 Å². The fourth-order valence-corrected chi connectivity index (χ4v) is 3.26. The Labute approximate surface area is 130 Å². The van der Waals surface area contributed by atoms with Crippen molar-refractivity contribution in [3.05, 3.63) is 29.3 Å². The van der Waals surface area contributed by atoms with Gasteiger partial charge in [0.2, 0.25) is 0 Å². The number of aryl methyl sites for hydroxylation is 1. The van der Waals surface area contributed by atoms with E-state index in [4.69, 9.17) is 4.74 Å². The van der Waals surface area contributed by atoms with Crippen LogP contribution in [0.2, 0.25) is 0 Å². The maximum atomic E-state index is 5.57. The van der Waals surface area contributed by atoms with Crippen LogP contribution in [0, 0.1) is 24.2 Å². The maximum absolute atomic E-state index is 5.57. The molecule has 0 bridgehead atoms. The molecule has 1 aliphatic rings. The van der Waals surface area contributed by atoms with Gasteiger partial charge in [-0.3, -0.25) is 0 Å². The minimum Gasteiger partial charge on any atom is -0.496 e. The first kappa shape index (κ1) is 16.4. The number of hydrogen-bond acceptors (Lipinski definition) is 2. The zero-order valence-corrected chi connectivity index (χ0v) is 14.3. The molecule has 2 nitrogen and oxygen atoms in total. The molecule has 21 heavy (non-hydrogen) atoms. The highest BCUT2D eigenvalue weighted by Crippen LogP contribution is 2.47. The highest BCUT2D eigenvalue weighted by atomic mass is 16.5. The number of rotatable bonds is 8. The highest BCUT2D eigenvalue weighted by Gasteiger charge is 2.41. The molecule has 1 aromatic carbocycles. The molecule has 0 aliphatic heterocycles. The van der Waals surface area contributed by atoms with E-state index >= 15 is 0 Å². The molecule has 1 fully saturated rings. The van der Waals surface area contributed by atoms with Gasteiger partial charge >= 0.3 is 0 Å². The Hall–Kier alpha value is -1.02. The Balaban J connectivity index is 2.10. The molecule has 1 saturated carbocycles. The minimum absolute atomic E-state index is 0.343. The summed E-state index contributed by atoms with van der Waals surface area (Å²) in [7, 11) is 1.78. The first-order valence-corrected chi connectivity index (χ1v) is 8.29. The number of hydrogen-bond donors (Lipinski definition) is 1. The molecular formula is C19H31NO. The molecule has 0 heterocycles. The third kappa shape index (κ3) is 4.47.